The van der Waals surface area contributed by atoms with Crippen LogP contribution in [0.1, 0.15) is 24.0 Å². The molecule has 1 heterocycles. The Bertz CT molecular complexity index is 670. The Morgan fingerprint density at radius 3 is 2.69 bits per heavy atom. The van der Waals surface area contributed by atoms with Crippen LogP contribution in [0.15, 0.2) is 18.2 Å². The van der Waals surface area contributed by atoms with Crippen LogP contribution in [0.4, 0.5) is 22.4 Å². The number of nitrogens with one attached hydrogen (secondary N) is 1. The Morgan fingerprint density at radius 2 is 2.15 bits per heavy atom. The summed E-state index contributed by atoms with van der Waals surface area (Å²) in [5.74, 6) is -1.33. The van der Waals surface area contributed by atoms with Gasteiger partial charge in [0.1, 0.15) is 5.82 Å². The third-order valence-electron chi connectivity index (χ3n) is 4.85. The number of nitrogens with zero attached hydrogens (tertiary/aromatic N) is 1. The zero-order chi connectivity index (χ0) is 18.9. The highest BCUT2D eigenvalue weighted by molar-refractivity contribution is 5.70. The smallest absolute Gasteiger partial charge is 0.419 e. The number of benzene rings is 1. The van der Waals surface area contributed by atoms with Crippen LogP contribution in [0.2, 0.25) is 0 Å². The standard InChI is InChI=1S/C17H20F4N2O3/c1-25-15(24)23(9-12-10-26-7-6-22-12)16(4-5-16)11-2-3-14(18)13(8-11)17(19,20)21/h2-3,8,12,22H,4-7,9-10H2,1H3/t12-/m1/s1. The number of halogens is 4. The van der Waals surface area contributed by atoms with E-state index in [2.05, 4.69) is 5.32 Å². The van der Waals surface area contributed by atoms with Crippen molar-refractivity contribution in [2.45, 2.75) is 30.6 Å². The molecule has 1 aromatic carbocycles. The van der Waals surface area contributed by atoms with Gasteiger partial charge in [0.25, 0.3) is 0 Å². The number of rotatable bonds is 4. The van der Waals surface area contributed by atoms with E-state index in [0.717, 1.165) is 12.1 Å². The number of alkyl halides is 3. The monoisotopic (exact) mass is 376 g/mol. The number of hydrogen-bond donors (Lipinski definition) is 1. The zero-order valence-corrected chi connectivity index (χ0v) is 14.2. The third-order valence-corrected chi connectivity index (χ3v) is 4.85. The van der Waals surface area contributed by atoms with Gasteiger partial charge < -0.3 is 14.8 Å². The van der Waals surface area contributed by atoms with Crippen LogP contribution in [0.3, 0.4) is 0 Å². The largest absolute Gasteiger partial charge is 0.453 e. The maximum absolute atomic E-state index is 13.6. The van der Waals surface area contributed by atoms with Gasteiger partial charge in [-0.3, -0.25) is 4.90 Å². The molecule has 3 rings (SSSR count). The molecule has 0 aromatic heterocycles. The van der Waals surface area contributed by atoms with E-state index in [9.17, 15) is 22.4 Å². The summed E-state index contributed by atoms with van der Waals surface area (Å²) >= 11 is 0. The van der Waals surface area contributed by atoms with Gasteiger partial charge in [-0.1, -0.05) is 6.07 Å². The molecule has 1 saturated carbocycles. The summed E-state index contributed by atoms with van der Waals surface area (Å²) in [5, 5.41) is 3.21. The summed E-state index contributed by atoms with van der Waals surface area (Å²) in [7, 11) is 1.22. The summed E-state index contributed by atoms with van der Waals surface area (Å²) in [5.41, 5.74) is -1.99. The fourth-order valence-electron chi connectivity index (χ4n) is 3.36. The van der Waals surface area contributed by atoms with Crippen molar-refractivity contribution in [2.24, 2.45) is 0 Å². The van der Waals surface area contributed by atoms with Gasteiger partial charge in [0.2, 0.25) is 0 Å². The number of ether oxygens (including phenoxy) is 2. The lowest BCUT2D eigenvalue weighted by atomic mass is 9.99. The van der Waals surface area contributed by atoms with Crippen molar-refractivity contribution in [1.82, 2.24) is 10.2 Å². The molecule has 0 unspecified atom stereocenters. The first-order valence-electron chi connectivity index (χ1n) is 8.32. The van der Waals surface area contributed by atoms with Crippen LogP contribution < -0.4 is 5.32 Å². The summed E-state index contributed by atoms with van der Waals surface area (Å²) in [6.07, 6.45) is -4.46. The molecule has 144 valence electrons. The lowest BCUT2D eigenvalue weighted by Gasteiger charge is -2.36. The van der Waals surface area contributed by atoms with Crippen molar-refractivity contribution in [3.05, 3.63) is 35.1 Å². The minimum Gasteiger partial charge on any atom is -0.453 e. The summed E-state index contributed by atoms with van der Waals surface area (Å²) in [4.78, 5) is 13.8. The van der Waals surface area contributed by atoms with E-state index in [1.807, 2.05) is 0 Å². The van der Waals surface area contributed by atoms with Crippen molar-refractivity contribution in [3.8, 4) is 0 Å². The van der Waals surface area contributed by atoms with Crippen molar-refractivity contribution < 1.29 is 31.8 Å². The predicted octanol–water partition coefficient (Wildman–Crippen LogP) is 2.89. The molecule has 1 atom stereocenters. The minimum absolute atomic E-state index is 0.150. The molecular weight excluding hydrogens is 356 g/mol. The number of hydrogen-bond acceptors (Lipinski definition) is 4. The topological polar surface area (TPSA) is 50.8 Å². The molecule has 0 bridgehead atoms. The highest BCUT2D eigenvalue weighted by Gasteiger charge is 2.53. The third kappa shape index (κ3) is 3.64. The quantitative estimate of drug-likeness (QED) is 0.821. The summed E-state index contributed by atoms with van der Waals surface area (Å²) < 4.78 is 63.0. The molecule has 1 aromatic rings. The van der Waals surface area contributed by atoms with Crippen LogP contribution in [0.5, 0.6) is 0 Å². The van der Waals surface area contributed by atoms with Crippen LogP contribution in [-0.4, -0.2) is 50.4 Å². The molecule has 1 N–H and O–H groups in total. The van der Waals surface area contributed by atoms with E-state index in [4.69, 9.17) is 9.47 Å². The van der Waals surface area contributed by atoms with Crippen LogP contribution in [0.25, 0.3) is 0 Å². The number of methoxy groups -OCH3 is 1. The van der Waals surface area contributed by atoms with E-state index in [1.165, 1.54) is 18.1 Å². The highest BCUT2D eigenvalue weighted by atomic mass is 19.4. The van der Waals surface area contributed by atoms with Gasteiger partial charge in [0, 0.05) is 19.1 Å². The normalized spacial score (nSPS) is 22.0. The van der Waals surface area contributed by atoms with E-state index in [-0.39, 0.29) is 18.2 Å². The Kier molecular flexibility index (Phi) is 5.12. The van der Waals surface area contributed by atoms with Crippen LogP contribution in [-0.2, 0) is 21.2 Å². The molecule has 5 nitrogen and oxygen atoms in total. The second-order valence-electron chi connectivity index (χ2n) is 6.53. The molecule has 26 heavy (non-hydrogen) atoms. The molecular formula is C17H20F4N2O3. The second kappa shape index (κ2) is 7.03. The molecule has 1 aliphatic carbocycles. The average molecular weight is 376 g/mol. The molecule has 0 spiro atoms. The van der Waals surface area contributed by atoms with Crippen molar-refractivity contribution in [2.75, 3.05) is 33.4 Å². The average Bonchev–Trinajstić information content (AvgIpc) is 3.41. The number of carbonyl (C=O) groups excluding carboxylic acids is 1. The van der Waals surface area contributed by atoms with Crippen LogP contribution in [0, 0.1) is 5.82 Å². The molecule has 9 heteroatoms. The van der Waals surface area contributed by atoms with Gasteiger partial charge in [-0.05, 0) is 30.5 Å². The van der Waals surface area contributed by atoms with E-state index < -0.39 is 29.2 Å². The molecule has 2 fully saturated rings. The van der Waals surface area contributed by atoms with Crippen molar-refractivity contribution >= 4 is 6.09 Å². The predicted molar refractivity (Wildman–Crippen MR) is 84.0 cm³/mol. The molecule has 1 amide bonds. The maximum atomic E-state index is 13.6. The van der Waals surface area contributed by atoms with Gasteiger partial charge >= 0.3 is 12.3 Å². The SMILES string of the molecule is COC(=O)N(C[C@@H]1COCCN1)C1(c2ccc(F)c(C(F)(F)F)c2)CC1. The first kappa shape index (κ1) is 18.9. The number of amides is 1. The molecule has 0 radical (unpaired) electrons. The second-order valence-corrected chi connectivity index (χ2v) is 6.53. The first-order valence-corrected chi connectivity index (χ1v) is 8.32. The molecule has 1 saturated heterocycles. The minimum atomic E-state index is -4.80. The van der Waals surface area contributed by atoms with E-state index in [0.29, 0.717) is 32.6 Å². The summed E-state index contributed by atoms with van der Waals surface area (Å²) in [6.45, 7) is 1.81. The first-order chi connectivity index (χ1) is 12.3. The van der Waals surface area contributed by atoms with Gasteiger partial charge in [0.05, 0.1) is 31.4 Å². The zero-order valence-electron chi connectivity index (χ0n) is 14.2. The van der Waals surface area contributed by atoms with E-state index >= 15 is 0 Å². The molecule has 2 aliphatic rings. The number of carbonyl (C=O) groups is 1. The van der Waals surface area contributed by atoms with Gasteiger partial charge in [0.15, 0.2) is 0 Å². The van der Waals surface area contributed by atoms with Crippen molar-refractivity contribution in [3.63, 3.8) is 0 Å². The molecule has 1 aliphatic heterocycles. The fourth-order valence-corrected chi connectivity index (χ4v) is 3.36. The highest BCUT2D eigenvalue weighted by Crippen LogP contribution is 2.52. The lowest BCUT2D eigenvalue weighted by Crippen LogP contribution is -2.52. The Morgan fingerprint density at radius 1 is 1.42 bits per heavy atom. The Labute approximate surface area is 148 Å². The van der Waals surface area contributed by atoms with Gasteiger partial charge in [-0.25, -0.2) is 9.18 Å². The van der Waals surface area contributed by atoms with Gasteiger partial charge in [-0.2, -0.15) is 13.2 Å². The Balaban J connectivity index is 1.92. The lowest BCUT2D eigenvalue weighted by molar-refractivity contribution is -0.140. The van der Waals surface area contributed by atoms with Gasteiger partial charge in [-0.15, -0.1) is 0 Å². The fraction of sp³-hybridized carbons (Fsp3) is 0.588. The number of morpholine rings is 1. The van der Waals surface area contributed by atoms with Crippen LogP contribution >= 0.6 is 0 Å². The van der Waals surface area contributed by atoms with E-state index in [1.54, 1.807) is 0 Å². The Hall–Kier alpha value is -1.87. The van der Waals surface area contributed by atoms with Crippen molar-refractivity contribution in [1.29, 1.82) is 0 Å². The maximum Gasteiger partial charge on any atom is 0.419 e. The summed E-state index contributed by atoms with van der Waals surface area (Å²) in [6, 6.07) is 2.75.